The first-order valence-electron chi connectivity index (χ1n) is 8.80. The van der Waals surface area contributed by atoms with E-state index in [9.17, 15) is 54.8 Å². The lowest BCUT2D eigenvalue weighted by Gasteiger charge is -2.24. The SMILES string of the molecule is CC(O)(CS(=O)(=O)c1ccccc1OC(F)(F)F)C(=O)Nc1ccc([N+](=O)[O-])cc1C(F)(F)F. The molecule has 0 aromatic heterocycles. The lowest BCUT2D eigenvalue weighted by molar-refractivity contribution is -0.385. The quantitative estimate of drug-likeness (QED) is 0.326. The Morgan fingerprint density at radius 3 is 2.24 bits per heavy atom. The molecule has 2 aromatic carbocycles. The number of hydrogen-bond acceptors (Lipinski definition) is 7. The molecule has 0 spiro atoms. The Morgan fingerprint density at radius 2 is 1.71 bits per heavy atom. The second-order valence-corrected chi connectivity index (χ2v) is 8.92. The van der Waals surface area contributed by atoms with Gasteiger partial charge >= 0.3 is 12.5 Å². The molecule has 186 valence electrons. The third kappa shape index (κ3) is 6.57. The Hall–Kier alpha value is -3.40. The number of sulfone groups is 1. The van der Waals surface area contributed by atoms with Crippen molar-refractivity contribution >= 4 is 27.1 Å². The molecule has 9 nitrogen and oxygen atoms in total. The summed E-state index contributed by atoms with van der Waals surface area (Å²) in [7, 11) is -4.86. The first-order valence-corrected chi connectivity index (χ1v) is 10.5. The van der Waals surface area contributed by atoms with Crippen molar-refractivity contribution in [2.45, 2.75) is 30.0 Å². The fourth-order valence-electron chi connectivity index (χ4n) is 2.68. The molecule has 0 saturated carbocycles. The zero-order chi connectivity index (χ0) is 26.1. The van der Waals surface area contributed by atoms with E-state index in [1.807, 2.05) is 0 Å². The number of carbonyl (C=O) groups excluding carboxylic acids is 1. The van der Waals surface area contributed by atoms with Gasteiger partial charge in [0.25, 0.3) is 11.6 Å². The van der Waals surface area contributed by atoms with Gasteiger partial charge in [-0.25, -0.2) is 8.42 Å². The zero-order valence-corrected chi connectivity index (χ0v) is 17.6. The third-order valence-electron chi connectivity index (χ3n) is 4.14. The summed E-state index contributed by atoms with van der Waals surface area (Å²) in [6, 6.07) is 4.71. The highest BCUT2D eigenvalue weighted by Gasteiger charge is 2.41. The highest BCUT2D eigenvalue weighted by atomic mass is 32.2. The summed E-state index contributed by atoms with van der Waals surface area (Å²) >= 11 is 0. The second kappa shape index (κ2) is 9.09. The average molecular weight is 516 g/mol. The van der Waals surface area contributed by atoms with E-state index in [1.165, 1.54) is 0 Å². The zero-order valence-electron chi connectivity index (χ0n) is 16.8. The summed E-state index contributed by atoms with van der Waals surface area (Å²) in [4.78, 5) is 21.0. The Balaban J connectivity index is 2.37. The number of benzene rings is 2. The third-order valence-corrected chi connectivity index (χ3v) is 6.09. The summed E-state index contributed by atoms with van der Waals surface area (Å²) in [6.07, 6.45) is -10.4. The molecule has 1 amide bonds. The molecular formula is C18H14F6N2O7S. The predicted octanol–water partition coefficient (Wildman–Crippen LogP) is 3.68. The number of nitrogens with zero attached hydrogens (tertiary/aromatic N) is 1. The van der Waals surface area contributed by atoms with E-state index in [4.69, 9.17) is 0 Å². The number of nitro groups is 1. The minimum atomic E-state index is -5.27. The van der Waals surface area contributed by atoms with E-state index < -0.39 is 72.1 Å². The topological polar surface area (TPSA) is 136 Å². The van der Waals surface area contributed by atoms with Gasteiger partial charge < -0.3 is 15.2 Å². The molecule has 2 N–H and O–H groups in total. The maximum absolute atomic E-state index is 13.3. The monoisotopic (exact) mass is 516 g/mol. The minimum Gasteiger partial charge on any atom is -0.404 e. The minimum absolute atomic E-state index is 0.117. The number of alkyl halides is 6. The number of anilines is 1. The van der Waals surface area contributed by atoms with Crippen LogP contribution in [-0.4, -0.2) is 42.1 Å². The number of nitrogens with one attached hydrogen (secondary N) is 1. The molecule has 2 rings (SSSR count). The maximum Gasteiger partial charge on any atom is 0.573 e. The molecule has 34 heavy (non-hydrogen) atoms. The summed E-state index contributed by atoms with van der Waals surface area (Å²) in [5, 5.41) is 22.7. The van der Waals surface area contributed by atoms with Crippen LogP contribution in [0.2, 0.25) is 0 Å². The molecule has 1 atom stereocenters. The molecule has 0 saturated heterocycles. The smallest absolute Gasteiger partial charge is 0.404 e. The van der Waals surface area contributed by atoms with Crippen LogP contribution in [0.3, 0.4) is 0 Å². The molecule has 0 fully saturated rings. The van der Waals surface area contributed by atoms with Crippen LogP contribution in [0.4, 0.5) is 37.7 Å². The van der Waals surface area contributed by atoms with Crippen LogP contribution in [0.5, 0.6) is 5.75 Å². The highest BCUT2D eigenvalue weighted by molar-refractivity contribution is 7.91. The normalized spacial score (nSPS) is 14.2. The molecule has 1 unspecified atom stereocenters. The number of ether oxygens (including phenoxy) is 1. The number of aliphatic hydroxyl groups is 1. The van der Waals surface area contributed by atoms with E-state index in [-0.39, 0.29) is 6.07 Å². The van der Waals surface area contributed by atoms with Crippen LogP contribution >= 0.6 is 0 Å². The number of hydrogen-bond donors (Lipinski definition) is 2. The van der Waals surface area contributed by atoms with Crippen molar-refractivity contribution in [1.29, 1.82) is 0 Å². The number of halogens is 6. The van der Waals surface area contributed by atoms with Gasteiger partial charge in [0, 0.05) is 12.1 Å². The van der Waals surface area contributed by atoms with Crippen molar-refractivity contribution in [3.05, 3.63) is 58.1 Å². The number of amides is 1. The molecule has 0 heterocycles. The van der Waals surface area contributed by atoms with Gasteiger partial charge in [0.15, 0.2) is 15.4 Å². The van der Waals surface area contributed by atoms with Gasteiger partial charge in [0.05, 0.1) is 21.9 Å². The molecule has 0 radical (unpaired) electrons. The van der Waals surface area contributed by atoms with Crippen molar-refractivity contribution in [1.82, 2.24) is 0 Å². The van der Waals surface area contributed by atoms with Crippen molar-refractivity contribution in [2.24, 2.45) is 0 Å². The second-order valence-electron chi connectivity index (χ2n) is 6.97. The van der Waals surface area contributed by atoms with E-state index in [2.05, 4.69) is 4.74 Å². The Kier molecular flexibility index (Phi) is 7.18. The number of carbonyl (C=O) groups is 1. The molecule has 16 heteroatoms. The van der Waals surface area contributed by atoms with Crippen LogP contribution in [0.25, 0.3) is 0 Å². The molecule has 0 bridgehead atoms. The largest absolute Gasteiger partial charge is 0.573 e. The van der Waals surface area contributed by atoms with Crippen molar-refractivity contribution < 1.29 is 54.3 Å². The van der Waals surface area contributed by atoms with Gasteiger partial charge in [-0.05, 0) is 25.1 Å². The van der Waals surface area contributed by atoms with Crippen LogP contribution in [-0.2, 0) is 20.8 Å². The van der Waals surface area contributed by atoms with Gasteiger partial charge in [-0.2, -0.15) is 13.2 Å². The Labute approximate surface area is 187 Å². The van der Waals surface area contributed by atoms with Crippen molar-refractivity contribution in [3.8, 4) is 5.75 Å². The molecule has 0 aliphatic rings. The molecule has 0 aliphatic heterocycles. The van der Waals surface area contributed by atoms with Gasteiger partial charge in [-0.1, -0.05) is 12.1 Å². The summed E-state index contributed by atoms with van der Waals surface area (Å²) < 4.78 is 106. The van der Waals surface area contributed by atoms with E-state index >= 15 is 0 Å². The van der Waals surface area contributed by atoms with Gasteiger partial charge in [0.1, 0.15) is 10.6 Å². The highest BCUT2D eigenvalue weighted by Crippen LogP contribution is 2.37. The van der Waals surface area contributed by atoms with Crippen LogP contribution < -0.4 is 10.1 Å². The van der Waals surface area contributed by atoms with Gasteiger partial charge in [0.2, 0.25) is 0 Å². The molecular weight excluding hydrogens is 502 g/mol. The summed E-state index contributed by atoms with van der Waals surface area (Å²) in [5.41, 5.74) is -6.59. The number of rotatable bonds is 7. The lowest BCUT2D eigenvalue weighted by atomic mass is 10.1. The predicted molar refractivity (Wildman–Crippen MR) is 103 cm³/mol. The van der Waals surface area contributed by atoms with E-state index in [0.717, 1.165) is 12.1 Å². The van der Waals surface area contributed by atoms with Crippen LogP contribution in [0.15, 0.2) is 47.4 Å². The number of nitro benzene ring substituents is 1. The Morgan fingerprint density at radius 1 is 1.12 bits per heavy atom. The van der Waals surface area contributed by atoms with E-state index in [1.54, 1.807) is 5.32 Å². The first-order chi connectivity index (χ1) is 15.3. The standard InChI is InChI=1S/C18H14F6N2O7S/c1-16(28,9-34(31,32)14-5-3-2-4-13(14)33-18(22,23)24)15(27)25-12-7-6-10(26(29)30)8-11(12)17(19,20)21/h2-8,28H,9H2,1H3,(H,25,27). The first kappa shape index (κ1) is 26.8. The lowest BCUT2D eigenvalue weighted by Crippen LogP contribution is -2.46. The fourth-order valence-corrected chi connectivity index (χ4v) is 4.40. The van der Waals surface area contributed by atoms with Crippen molar-refractivity contribution in [2.75, 3.05) is 11.1 Å². The summed E-state index contributed by atoms with van der Waals surface area (Å²) in [5.74, 6) is -4.37. The summed E-state index contributed by atoms with van der Waals surface area (Å²) in [6.45, 7) is 0.603. The number of para-hydroxylation sites is 1. The fraction of sp³-hybridized carbons (Fsp3) is 0.278. The van der Waals surface area contributed by atoms with Crippen LogP contribution in [0, 0.1) is 10.1 Å². The van der Waals surface area contributed by atoms with E-state index in [0.29, 0.717) is 31.2 Å². The molecule has 2 aromatic rings. The molecule has 0 aliphatic carbocycles. The van der Waals surface area contributed by atoms with Crippen LogP contribution in [0.1, 0.15) is 12.5 Å². The Bertz CT molecular complexity index is 1210. The van der Waals surface area contributed by atoms with Gasteiger partial charge in [-0.3, -0.25) is 14.9 Å². The maximum atomic E-state index is 13.3. The van der Waals surface area contributed by atoms with Gasteiger partial charge in [-0.15, -0.1) is 13.2 Å². The number of non-ortho nitro benzene ring substituents is 1. The van der Waals surface area contributed by atoms with Crippen molar-refractivity contribution in [3.63, 3.8) is 0 Å². The average Bonchev–Trinajstić information content (AvgIpc) is 2.65.